The molecule has 1 unspecified atom stereocenters. The number of fused-ring (bicyclic) bond motifs is 2. The number of nitrogens with zero attached hydrogens (tertiary/aromatic N) is 1. The Balaban J connectivity index is 0.000000227. The van der Waals surface area contributed by atoms with Crippen LogP contribution in [0.15, 0.2) is 72.8 Å². The number of carbonyl (C=O) groups excluding carboxylic acids is 4. The first-order valence-electron chi connectivity index (χ1n) is 26.2. The highest BCUT2D eigenvalue weighted by atomic mass is 16.7. The van der Waals surface area contributed by atoms with E-state index in [2.05, 4.69) is 66.9 Å². The molecule has 0 radical (unpaired) electrons. The molecule has 0 N–H and O–H groups in total. The Bertz CT molecular complexity index is 2650. The van der Waals surface area contributed by atoms with Crippen LogP contribution in [0.1, 0.15) is 123 Å². The van der Waals surface area contributed by atoms with Crippen LogP contribution in [0.4, 0.5) is 0 Å². The third-order valence-corrected chi connectivity index (χ3v) is 14.1. The molecule has 4 aromatic carbocycles. The molecule has 404 valence electrons. The first-order chi connectivity index (χ1) is 36.7. The maximum Gasteiger partial charge on any atom is 0.373 e. The summed E-state index contributed by atoms with van der Waals surface area (Å²) in [5, 5.41) is 1.33. The Kier molecular flexibility index (Phi) is 24.1. The molecule has 3 fully saturated rings. The van der Waals surface area contributed by atoms with E-state index in [1.165, 1.54) is 120 Å². The molecule has 1 aliphatic heterocycles. The summed E-state index contributed by atoms with van der Waals surface area (Å²) in [6.45, 7) is 7.19. The van der Waals surface area contributed by atoms with Gasteiger partial charge in [-0.3, -0.25) is 0 Å². The van der Waals surface area contributed by atoms with Gasteiger partial charge in [0.05, 0.1) is 12.3 Å². The zero-order valence-electron chi connectivity index (χ0n) is 44.7. The number of benzene rings is 4. The minimum Gasteiger partial charge on any atom is -0.467 e. The highest BCUT2D eigenvalue weighted by Crippen LogP contribution is 2.50. The molecule has 2 heterocycles. The topological polar surface area (TPSA) is 166 Å². The minimum atomic E-state index is -0.110. The smallest absolute Gasteiger partial charge is 0.373 e. The molecule has 2 saturated carbocycles. The van der Waals surface area contributed by atoms with Crippen molar-refractivity contribution in [3.63, 3.8) is 0 Å². The summed E-state index contributed by atoms with van der Waals surface area (Å²) in [5.41, 5.74) is 14.4. The van der Waals surface area contributed by atoms with Crippen molar-refractivity contribution >= 4 is 34.4 Å². The van der Waals surface area contributed by atoms with Gasteiger partial charge in [-0.2, -0.15) is 19.2 Å². The number of allylic oxidation sites excluding steroid dienone is 2. The molecule has 0 spiro atoms. The van der Waals surface area contributed by atoms with Crippen LogP contribution in [0.2, 0.25) is 0 Å². The normalized spacial score (nSPS) is 16.5. The van der Waals surface area contributed by atoms with Gasteiger partial charge < -0.3 is 51.9 Å². The van der Waals surface area contributed by atoms with Gasteiger partial charge >= 0.3 is 12.3 Å². The Hall–Kier alpha value is -6.12. The van der Waals surface area contributed by atoms with Gasteiger partial charge in [-0.15, -0.1) is 0 Å². The number of aromatic nitrogens is 1. The number of aryl methyl sites for hydroxylation is 2. The zero-order valence-corrected chi connectivity index (χ0v) is 44.7. The largest absolute Gasteiger partial charge is 0.467 e. The Labute approximate surface area is 441 Å². The van der Waals surface area contributed by atoms with Crippen molar-refractivity contribution in [3.05, 3.63) is 106 Å². The quantitative estimate of drug-likeness (QED) is 0.0676. The average molecular weight is 1030 g/mol. The van der Waals surface area contributed by atoms with E-state index in [-0.39, 0.29) is 45.8 Å². The second-order valence-corrected chi connectivity index (χ2v) is 19.2. The predicted molar refractivity (Wildman–Crippen MR) is 282 cm³/mol. The summed E-state index contributed by atoms with van der Waals surface area (Å²) in [4.78, 5) is 32.5. The van der Waals surface area contributed by atoms with Gasteiger partial charge in [0, 0.05) is 75.8 Å². The van der Waals surface area contributed by atoms with E-state index < -0.39 is 0 Å². The van der Waals surface area contributed by atoms with Gasteiger partial charge in [-0.25, -0.2) is 0 Å². The molecule has 0 bridgehead atoms. The molecule has 75 heavy (non-hydrogen) atoms. The SMILES string of the molecule is COCOc1ccc(-c2c(C3CCCCC3)c3ccc(C)cc3n2CCOC2CCCCO2)c(OCOC)c1.COCOc1ccc(C2=C(C3CCCCC3)c3ccc(C)cc3C2)c(OCOC)c1.O=C=O.O=C=O. The monoisotopic (exact) mass is 1030 g/mol. The maximum atomic E-state index is 8.12. The van der Waals surface area contributed by atoms with Gasteiger partial charge in [0.15, 0.2) is 33.5 Å². The Morgan fingerprint density at radius 1 is 0.560 bits per heavy atom. The lowest BCUT2D eigenvalue weighted by atomic mass is 9.79. The van der Waals surface area contributed by atoms with Crippen LogP contribution >= 0.6 is 0 Å². The lowest BCUT2D eigenvalue weighted by molar-refractivity contribution is -0.193. The van der Waals surface area contributed by atoms with Crippen LogP contribution in [0.5, 0.6) is 23.0 Å². The number of ether oxygens (including phenoxy) is 10. The Morgan fingerprint density at radius 2 is 1.08 bits per heavy atom. The highest BCUT2D eigenvalue weighted by Gasteiger charge is 2.32. The van der Waals surface area contributed by atoms with E-state index in [1.807, 2.05) is 24.3 Å². The van der Waals surface area contributed by atoms with E-state index in [0.29, 0.717) is 24.2 Å². The second-order valence-electron chi connectivity index (χ2n) is 19.2. The summed E-state index contributed by atoms with van der Waals surface area (Å²) < 4.78 is 58.8. The molecule has 15 heteroatoms. The minimum absolute atomic E-state index is 0.110. The maximum absolute atomic E-state index is 8.12. The van der Waals surface area contributed by atoms with Gasteiger partial charge in [0.2, 0.25) is 0 Å². The third kappa shape index (κ3) is 16.0. The molecule has 1 aromatic heterocycles. The first-order valence-corrected chi connectivity index (χ1v) is 26.2. The van der Waals surface area contributed by atoms with Crippen LogP contribution in [0, 0.1) is 19.8 Å². The van der Waals surface area contributed by atoms with Crippen molar-refractivity contribution < 1.29 is 66.5 Å². The van der Waals surface area contributed by atoms with Crippen molar-refractivity contribution in [2.24, 2.45) is 5.92 Å². The molecule has 3 aliphatic carbocycles. The molecule has 1 atom stereocenters. The summed E-state index contributed by atoms with van der Waals surface area (Å²) in [6.07, 6.45) is 17.4. The number of methoxy groups -OCH3 is 4. The van der Waals surface area contributed by atoms with Crippen molar-refractivity contribution in [1.82, 2.24) is 4.57 Å². The van der Waals surface area contributed by atoms with Crippen molar-refractivity contribution in [1.29, 1.82) is 0 Å². The molecular formula is C60H75NO14. The highest BCUT2D eigenvalue weighted by molar-refractivity contribution is 5.99. The van der Waals surface area contributed by atoms with Crippen molar-refractivity contribution in [2.45, 2.75) is 122 Å². The van der Waals surface area contributed by atoms with Gasteiger partial charge in [0.1, 0.15) is 23.0 Å². The molecule has 15 nitrogen and oxygen atoms in total. The zero-order chi connectivity index (χ0) is 53.4. The molecule has 4 aliphatic rings. The van der Waals surface area contributed by atoms with Crippen molar-refractivity contribution in [3.8, 4) is 34.3 Å². The van der Waals surface area contributed by atoms with E-state index in [9.17, 15) is 0 Å². The first kappa shape index (κ1) is 58.1. The third-order valence-electron chi connectivity index (χ3n) is 14.1. The van der Waals surface area contributed by atoms with Crippen LogP contribution in [0.3, 0.4) is 0 Å². The van der Waals surface area contributed by atoms with E-state index in [0.717, 1.165) is 67.2 Å². The van der Waals surface area contributed by atoms with Gasteiger partial charge in [0.25, 0.3) is 0 Å². The summed E-state index contributed by atoms with van der Waals surface area (Å²) in [7, 11) is 6.53. The van der Waals surface area contributed by atoms with Crippen LogP contribution in [0.25, 0.3) is 33.3 Å². The number of hydrogen-bond acceptors (Lipinski definition) is 14. The standard InChI is InChI=1S/C32H43NO6.C26H32O4.2CO2/c1-23-12-14-26-28(19-23)33(16-18-37-30-11-7-8-17-36-30)32(31(26)24-9-5-4-6-10-24)27-15-13-25(38-21-34-2)20-29(27)39-22-35-3;1-18-9-11-22-20(13-18)14-24(26(22)19-7-5-4-6-8-19)23-12-10-21(29-16-27-2)15-25(23)30-17-28-3;2*2-1-3/h12-15,19-20,24,30H,4-11,16-18,21-22H2,1-3H3;9-13,15,19H,4-8,14,16-17H2,1-3H3;;. The summed E-state index contributed by atoms with van der Waals surface area (Å²) in [6, 6.07) is 25.9. The lowest BCUT2D eigenvalue weighted by Gasteiger charge is -2.26. The fraction of sp³-hybridized carbons (Fsp3) is 0.500. The number of hydrogen-bond donors (Lipinski definition) is 0. The van der Waals surface area contributed by atoms with Crippen LogP contribution in [-0.2, 0) is 60.6 Å². The second kappa shape index (κ2) is 31.1. The molecule has 5 aromatic rings. The van der Waals surface area contributed by atoms with Crippen molar-refractivity contribution in [2.75, 3.05) is 68.8 Å². The van der Waals surface area contributed by atoms with E-state index in [4.69, 9.17) is 66.5 Å². The summed E-state index contributed by atoms with van der Waals surface area (Å²) >= 11 is 0. The molecule has 1 saturated heterocycles. The average Bonchev–Trinajstić information content (AvgIpc) is 3.98. The molecule has 9 rings (SSSR count). The number of rotatable bonds is 20. The Morgan fingerprint density at radius 3 is 1.67 bits per heavy atom. The fourth-order valence-electron chi connectivity index (χ4n) is 11.0. The molecule has 0 amide bonds. The predicted octanol–water partition coefficient (Wildman–Crippen LogP) is 12.0. The fourth-order valence-corrected chi connectivity index (χ4v) is 11.0. The van der Waals surface area contributed by atoms with E-state index in [1.54, 1.807) is 28.4 Å². The van der Waals surface area contributed by atoms with Gasteiger partial charge in [-0.1, -0.05) is 74.4 Å². The van der Waals surface area contributed by atoms with Gasteiger partial charge in [-0.05, 0) is 141 Å². The van der Waals surface area contributed by atoms with E-state index >= 15 is 0 Å². The molecular weight excluding hydrogens is 959 g/mol. The van der Waals surface area contributed by atoms with Crippen LogP contribution < -0.4 is 18.9 Å². The van der Waals surface area contributed by atoms with Crippen LogP contribution in [-0.4, -0.2) is 92.0 Å². The lowest BCUT2D eigenvalue weighted by Crippen LogP contribution is -2.24. The summed E-state index contributed by atoms with van der Waals surface area (Å²) in [5.74, 6) is 4.10.